The molecular weight excluding hydrogens is 264 g/mol. The van der Waals surface area contributed by atoms with Gasteiger partial charge in [-0.1, -0.05) is 25.1 Å². The molecule has 1 aromatic heterocycles. The van der Waals surface area contributed by atoms with E-state index in [-0.39, 0.29) is 0 Å². The Bertz CT molecular complexity index is 512. The predicted octanol–water partition coefficient (Wildman–Crippen LogP) is 2.19. The number of hydrogen-bond acceptors (Lipinski definition) is 4. The molecule has 0 amide bonds. The minimum atomic E-state index is 0.358. The summed E-state index contributed by atoms with van der Waals surface area (Å²) in [5.74, 6) is 1.92. The molecule has 1 atom stereocenters. The van der Waals surface area contributed by atoms with Gasteiger partial charge in [-0.2, -0.15) is 5.10 Å². The Balaban J connectivity index is 1.83. The first-order chi connectivity index (χ1) is 10.3. The summed E-state index contributed by atoms with van der Waals surface area (Å²) in [4.78, 5) is 4.30. The summed E-state index contributed by atoms with van der Waals surface area (Å²) >= 11 is 0. The molecule has 0 aliphatic heterocycles. The van der Waals surface area contributed by atoms with Crippen LogP contribution in [0, 0.1) is 0 Å². The highest BCUT2D eigenvalue weighted by molar-refractivity contribution is 5.20. The highest BCUT2D eigenvalue weighted by atomic mass is 16.5. The van der Waals surface area contributed by atoms with E-state index in [4.69, 9.17) is 4.74 Å². The topological polar surface area (TPSA) is 52.0 Å². The second-order valence-corrected chi connectivity index (χ2v) is 5.11. The lowest BCUT2D eigenvalue weighted by atomic mass is 10.1. The monoisotopic (exact) mass is 288 g/mol. The number of benzene rings is 1. The fourth-order valence-corrected chi connectivity index (χ4v) is 2.19. The fourth-order valence-electron chi connectivity index (χ4n) is 2.19. The lowest BCUT2D eigenvalue weighted by Gasteiger charge is -2.18. The minimum Gasteiger partial charge on any atom is -0.494 e. The molecule has 1 N–H and O–H groups in total. The summed E-state index contributed by atoms with van der Waals surface area (Å²) < 4.78 is 7.62. The first-order valence-corrected chi connectivity index (χ1v) is 7.53. The van der Waals surface area contributed by atoms with Crippen LogP contribution in [0.1, 0.15) is 25.6 Å². The molecule has 0 radical (unpaired) electrons. The van der Waals surface area contributed by atoms with Gasteiger partial charge >= 0.3 is 0 Å². The molecule has 114 valence electrons. The van der Waals surface area contributed by atoms with E-state index in [9.17, 15) is 0 Å². The van der Waals surface area contributed by atoms with Gasteiger partial charge in [0.05, 0.1) is 6.61 Å². The molecule has 0 aliphatic rings. The Kier molecular flexibility index (Phi) is 6.22. The van der Waals surface area contributed by atoms with Crippen molar-refractivity contribution in [2.45, 2.75) is 32.2 Å². The molecular formula is C16H24N4O. The van der Waals surface area contributed by atoms with Crippen LogP contribution in [0.15, 0.2) is 36.7 Å². The Morgan fingerprint density at radius 1 is 1.29 bits per heavy atom. The molecule has 5 heteroatoms. The maximum atomic E-state index is 5.78. The molecule has 1 aromatic carbocycles. The molecule has 0 spiro atoms. The Labute approximate surface area is 126 Å². The smallest absolute Gasteiger partial charge is 0.138 e. The van der Waals surface area contributed by atoms with Crippen molar-refractivity contribution in [3.05, 3.63) is 42.5 Å². The molecule has 0 saturated heterocycles. The minimum absolute atomic E-state index is 0.358. The predicted molar refractivity (Wildman–Crippen MR) is 83.3 cm³/mol. The average Bonchev–Trinajstić information content (AvgIpc) is 2.91. The molecule has 2 aromatic rings. The lowest BCUT2D eigenvalue weighted by molar-refractivity contribution is 0.283. The van der Waals surface area contributed by atoms with Gasteiger partial charge in [0.1, 0.15) is 17.9 Å². The molecule has 0 saturated carbocycles. The SMILES string of the molecule is CCCNC(CCOc1ccccc1)Cc1ncnn1C. The largest absolute Gasteiger partial charge is 0.494 e. The third-order valence-electron chi connectivity index (χ3n) is 3.40. The highest BCUT2D eigenvalue weighted by Crippen LogP contribution is 2.10. The highest BCUT2D eigenvalue weighted by Gasteiger charge is 2.12. The van der Waals surface area contributed by atoms with Gasteiger partial charge in [-0.25, -0.2) is 4.98 Å². The first kappa shape index (κ1) is 15.5. The van der Waals surface area contributed by atoms with E-state index >= 15 is 0 Å². The van der Waals surface area contributed by atoms with Crippen molar-refractivity contribution in [1.29, 1.82) is 0 Å². The maximum Gasteiger partial charge on any atom is 0.138 e. The quantitative estimate of drug-likeness (QED) is 0.768. The van der Waals surface area contributed by atoms with E-state index in [1.807, 2.05) is 42.1 Å². The Morgan fingerprint density at radius 2 is 2.10 bits per heavy atom. The average molecular weight is 288 g/mol. The number of aryl methyl sites for hydroxylation is 1. The molecule has 1 heterocycles. The lowest BCUT2D eigenvalue weighted by Crippen LogP contribution is -2.34. The number of rotatable bonds is 9. The van der Waals surface area contributed by atoms with Gasteiger partial charge in [-0.3, -0.25) is 4.68 Å². The van der Waals surface area contributed by atoms with Crippen LogP contribution in [0.2, 0.25) is 0 Å². The molecule has 5 nitrogen and oxygen atoms in total. The van der Waals surface area contributed by atoms with Crippen LogP contribution in [-0.4, -0.2) is 34.0 Å². The molecule has 0 bridgehead atoms. The Morgan fingerprint density at radius 3 is 2.76 bits per heavy atom. The van der Waals surface area contributed by atoms with Crippen molar-refractivity contribution < 1.29 is 4.74 Å². The third kappa shape index (κ3) is 5.19. The zero-order valence-electron chi connectivity index (χ0n) is 12.8. The van der Waals surface area contributed by atoms with Gasteiger partial charge in [0.15, 0.2) is 0 Å². The summed E-state index contributed by atoms with van der Waals surface area (Å²) in [5.41, 5.74) is 0. The van der Waals surface area contributed by atoms with E-state index in [1.54, 1.807) is 6.33 Å². The van der Waals surface area contributed by atoms with Crippen molar-refractivity contribution in [1.82, 2.24) is 20.1 Å². The second kappa shape index (κ2) is 8.42. The summed E-state index contributed by atoms with van der Waals surface area (Å²) in [6.45, 7) is 3.88. The van der Waals surface area contributed by atoms with E-state index in [2.05, 4.69) is 22.3 Å². The van der Waals surface area contributed by atoms with Crippen LogP contribution < -0.4 is 10.1 Å². The summed E-state index contributed by atoms with van der Waals surface area (Å²) in [6, 6.07) is 10.3. The first-order valence-electron chi connectivity index (χ1n) is 7.53. The molecule has 0 aliphatic carbocycles. The van der Waals surface area contributed by atoms with Crippen LogP contribution in [0.25, 0.3) is 0 Å². The summed E-state index contributed by atoms with van der Waals surface area (Å²) in [5, 5.41) is 7.68. The van der Waals surface area contributed by atoms with Crippen molar-refractivity contribution in [2.24, 2.45) is 7.05 Å². The number of nitrogens with zero attached hydrogens (tertiary/aromatic N) is 3. The zero-order valence-corrected chi connectivity index (χ0v) is 12.8. The molecule has 0 fully saturated rings. The van der Waals surface area contributed by atoms with Gasteiger partial charge in [0.25, 0.3) is 0 Å². The second-order valence-electron chi connectivity index (χ2n) is 5.11. The fraction of sp³-hybridized carbons (Fsp3) is 0.500. The standard InChI is InChI=1S/C16H24N4O/c1-3-10-17-14(12-16-18-13-19-20(16)2)9-11-21-15-7-5-4-6-8-15/h4-8,13-14,17H,3,9-12H2,1-2H3. The number of ether oxygens (including phenoxy) is 1. The van der Waals surface area contributed by atoms with Crippen molar-refractivity contribution >= 4 is 0 Å². The molecule has 1 unspecified atom stereocenters. The van der Waals surface area contributed by atoms with E-state index in [0.717, 1.165) is 37.4 Å². The number of hydrogen-bond donors (Lipinski definition) is 1. The van der Waals surface area contributed by atoms with Crippen LogP contribution >= 0.6 is 0 Å². The number of nitrogens with one attached hydrogen (secondary N) is 1. The number of aromatic nitrogens is 3. The van der Waals surface area contributed by atoms with E-state index in [1.165, 1.54) is 0 Å². The van der Waals surface area contributed by atoms with Crippen LogP contribution in [-0.2, 0) is 13.5 Å². The van der Waals surface area contributed by atoms with E-state index < -0.39 is 0 Å². The van der Waals surface area contributed by atoms with Crippen LogP contribution in [0.5, 0.6) is 5.75 Å². The van der Waals surface area contributed by atoms with Crippen molar-refractivity contribution in [2.75, 3.05) is 13.2 Å². The Hall–Kier alpha value is -1.88. The van der Waals surface area contributed by atoms with Crippen LogP contribution in [0.4, 0.5) is 0 Å². The normalized spacial score (nSPS) is 12.3. The third-order valence-corrected chi connectivity index (χ3v) is 3.40. The van der Waals surface area contributed by atoms with Gasteiger partial charge in [-0.15, -0.1) is 0 Å². The molecule has 2 rings (SSSR count). The van der Waals surface area contributed by atoms with Gasteiger partial charge < -0.3 is 10.1 Å². The maximum absolute atomic E-state index is 5.78. The van der Waals surface area contributed by atoms with Crippen molar-refractivity contribution in [3.63, 3.8) is 0 Å². The molecule has 21 heavy (non-hydrogen) atoms. The van der Waals surface area contributed by atoms with Gasteiger partial charge in [0.2, 0.25) is 0 Å². The van der Waals surface area contributed by atoms with Gasteiger partial charge in [-0.05, 0) is 31.5 Å². The number of para-hydroxylation sites is 1. The van der Waals surface area contributed by atoms with Gasteiger partial charge in [0, 0.05) is 19.5 Å². The summed E-state index contributed by atoms with van der Waals surface area (Å²) in [6.07, 6.45) is 4.54. The van der Waals surface area contributed by atoms with E-state index in [0.29, 0.717) is 12.6 Å². The summed E-state index contributed by atoms with van der Waals surface area (Å²) in [7, 11) is 1.93. The van der Waals surface area contributed by atoms with Crippen LogP contribution in [0.3, 0.4) is 0 Å². The zero-order chi connectivity index (χ0) is 14.9. The van der Waals surface area contributed by atoms with Crippen molar-refractivity contribution in [3.8, 4) is 5.75 Å².